The molecule has 0 aromatic rings. The zero-order valence-corrected chi connectivity index (χ0v) is 11.3. The Bertz CT molecular complexity index is 120. The maximum Gasteiger partial charge on any atom is 0.0414 e. The van der Waals surface area contributed by atoms with E-state index in [1.807, 2.05) is 0 Å². The molecule has 0 unspecified atom stereocenters. The van der Waals surface area contributed by atoms with Crippen LogP contribution in [0.2, 0.25) is 0 Å². The van der Waals surface area contributed by atoms with Crippen LogP contribution in [-0.2, 0) is 9.59 Å². The second-order valence-corrected chi connectivity index (χ2v) is 2.24. The standard InChI is InChI=1S/2C4H8O2.In/c2*1-2-3-4(5)6;/h2*2-3H2,1H3,(H,5,6);/p-2. The van der Waals surface area contributed by atoms with Crippen LogP contribution in [0.3, 0.4) is 0 Å². The number of aliphatic carboxylic acids is 2. The van der Waals surface area contributed by atoms with Crippen LogP contribution in [0.15, 0.2) is 0 Å². The van der Waals surface area contributed by atoms with Crippen LogP contribution in [0.5, 0.6) is 0 Å². The molecular weight excluding hydrogens is 275 g/mol. The average molecular weight is 289 g/mol. The molecule has 0 N–H and O–H groups in total. The smallest absolute Gasteiger partial charge is 0.0414 e. The molecule has 0 spiro atoms. The Morgan fingerprint density at radius 3 is 1.15 bits per heavy atom. The van der Waals surface area contributed by atoms with Crippen molar-refractivity contribution in [2.75, 3.05) is 0 Å². The van der Waals surface area contributed by atoms with Gasteiger partial charge >= 0.3 is 0 Å². The molecule has 0 aromatic carbocycles. The SMILES string of the molecule is CCCC(=O)[O-].CCCC(=O)[O-].[In]. The number of carboxylic acids is 2. The molecule has 0 bridgehead atoms. The quantitative estimate of drug-likeness (QED) is 0.643. The summed E-state index contributed by atoms with van der Waals surface area (Å²) in [5.41, 5.74) is 0. The monoisotopic (exact) mass is 289 g/mol. The first kappa shape index (κ1) is 18.6. The van der Waals surface area contributed by atoms with E-state index in [0.29, 0.717) is 12.8 Å². The van der Waals surface area contributed by atoms with Crippen molar-refractivity contribution in [2.45, 2.75) is 39.5 Å². The van der Waals surface area contributed by atoms with Gasteiger partial charge in [-0.25, -0.2) is 0 Å². The third-order valence-corrected chi connectivity index (χ3v) is 0.908. The second-order valence-electron chi connectivity index (χ2n) is 2.24. The molecule has 0 saturated heterocycles. The molecule has 0 rings (SSSR count). The van der Waals surface area contributed by atoms with Gasteiger partial charge in [0.1, 0.15) is 0 Å². The van der Waals surface area contributed by atoms with Crippen molar-refractivity contribution in [3.05, 3.63) is 0 Å². The van der Waals surface area contributed by atoms with Gasteiger partial charge in [-0.2, -0.15) is 0 Å². The summed E-state index contributed by atoms with van der Waals surface area (Å²) in [6.07, 6.45) is 1.70. The van der Waals surface area contributed by atoms with Gasteiger partial charge in [-0.05, 0) is 12.8 Å². The van der Waals surface area contributed by atoms with E-state index in [0.717, 1.165) is 0 Å². The number of hydrogen-bond acceptors (Lipinski definition) is 4. The Kier molecular flexibility index (Phi) is 20.5. The van der Waals surface area contributed by atoms with Gasteiger partial charge in [-0.3, -0.25) is 0 Å². The summed E-state index contributed by atoms with van der Waals surface area (Å²) in [5, 5.41) is 19.0. The minimum atomic E-state index is -0.961. The van der Waals surface area contributed by atoms with Crippen LogP contribution in [-0.4, -0.2) is 37.8 Å². The summed E-state index contributed by atoms with van der Waals surface area (Å²) in [6.45, 7) is 3.60. The predicted octanol–water partition coefficient (Wildman–Crippen LogP) is -1.31. The Balaban J connectivity index is -0.000000143. The van der Waals surface area contributed by atoms with E-state index >= 15 is 0 Å². The molecule has 75 valence electrons. The third kappa shape index (κ3) is 33.7. The zero-order chi connectivity index (χ0) is 9.98. The molecule has 0 saturated carbocycles. The number of carboxylic acid groups (broad SMARTS) is 2. The molecule has 5 heteroatoms. The summed E-state index contributed by atoms with van der Waals surface area (Å²) in [6, 6.07) is 0. The summed E-state index contributed by atoms with van der Waals surface area (Å²) < 4.78 is 0. The van der Waals surface area contributed by atoms with Gasteiger partial charge in [0.15, 0.2) is 0 Å². The first-order valence-electron chi connectivity index (χ1n) is 3.94. The fraction of sp³-hybridized carbons (Fsp3) is 0.750. The summed E-state index contributed by atoms with van der Waals surface area (Å²) in [5.74, 6) is -1.92. The van der Waals surface area contributed by atoms with Crippen molar-refractivity contribution >= 4 is 37.8 Å². The van der Waals surface area contributed by atoms with Gasteiger partial charge in [0.05, 0.1) is 0 Å². The van der Waals surface area contributed by atoms with Crippen molar-refractivity contribution in [3.8, 4) is 0 Å². The first-order chi connectivity index (χ1) is 5.54. The molecular formula is C8H14InO4-2. The largest absolute Gasteiger partial charge is 0.550 e. The Hall–Kier alpha value is -0.190. The van der Waals surface area contributed by atoms with Crippen LogP contribution in [0.1, 0.15) is 39.5 Å². The van der Waals surface area contributed by atoms with Crippen LogP contribution >= 0.6 is 0 Å². The van der Waals surface area contributed by atoms with Crippen molar-refractivity contribution < 1.29 is 19.8 Å². The van der Waals surface area contributed by atoms with Crippen LogP contribution in [0, 0.1) is 0 Å². The van der Waals surface area contributed by atoms with E-state index in [1.165, 1.54) is 0 Å². The molecule has 0 aliphatic carbocycles. The minimum Gasteiger partial charge on any atom is -0.550 e. The van der Waals surface area contributed by atoms with Gasteiger partial charge < -0.3 is 19.8 Å². The van der Waals surface area contributed by atoms with Crippen molar-refractivity contribution in [2.24, 2.45) is 0 Å². The fourth-order valence-corrected chi connectivity index (χ4v) is 0.408. The van der Waals surface area contributed by atoms with Gasteiger partial charge in [0.2, 0.25) is 0 Å². The van der Waals surface area contributed by atoms with E-state index in [4.69, 9.17) is 0 Å². The maximum atomic E-state index is 9.49. The molecule has 0 atom stereocenters. The topological polar surface area (TPSA) is 80.3 Å². The number of rotatable bonds is 4. The van der Waals surface area contributed by atoms with E-state index in [9.17, 15) is 19.8 Å². The molecule has 13 heavy (non-hydrogen) atoms. The van der Waals surface area contributed by atoms with E-state index in [-0.39, 0.29) is 38.7 Å². The molecule has 0 fully saturated rings. The maximum absolute atomic E-state index is 9.49. The van der Waals surface area contributed by atoms with Crippen LogP contribution in [0.4, 0.5) is 0 Å². The normalized spacial score (nSPS) is 7.54. The molecule has 0 aliphatic heterocycles. The van der Waals surface area contributed by atoms with Crippen molar-refractivity contribution in [1.29, 1.82) is 0 Å². The first-order valence-corrected chi connectivity index (χ1v) is 3.94. The van der Waals surface area contributed by atoms with Crippen molar-refractivity contribution in [3.63, 3.8) is 0 Å². The molecule has 0 aliphatic rings. The fourth-order valence-electron chi connectivity index (χ4n) is 0.408. The van der Waals surface area contributed by atoms with Gasteiger partial charge in [0.25, 0.3) is 0 Å². The molecule has 0 aromatic heterocycles. The number of carbonyl (C=O) groups excluding carboxylic acids is 2. The number of carbonyl (C=O) groups is 2. The van der Waals surface area contributed by atoms with E-state index < -0.39 is 11.9 Å². The van der Waals surface area contributed by atoms with Gasteiger partial charge in [-0.15, -0.1) is 0 Å². The van der Waals surface area contributed by atoms with Gasteiger partial charge in [-0.1, -0.05) is 26.7 Å². The average Bonchev–Trinajstić information content (AvgIpc) is 1.87. The van der Waals surface area contributed by atoms with Gasteiger partial charge in [0, 0.05) is 37.8 Å². The van der Waals surface area contributed by atoms with Crippen LogP contribution < -0.4 is 10.2 Å². The molecule has 0 amide bonds. The third-order valence-electron chi connectivity index (χ3n) is 0.908. The Labute approximate surface area is 97.1 Å². The molecule has 3 radical (unpaired) electrons. The minimum absolute atomic E-state index is 0. The second kappa shape index (κ2) is 14.3. The Morgan fingerprint density at radius 2 is 1.15 bits per heavy atom. The summed E-state index contributed by atoms with van der Waals surface area (Å²) >= 11 is 0. The van der Waals surface area contributed by atoms with E-state index in [2.05, 4.69) is 0 Å². The van der Waals surface area contributed by atoms with Crippen molar-refractivity contribution in [1.82, 2.24) is 0 Å². The Morgan fingerprint density at radius 1 is 0.923 bits per heavy atom. The summed E-state index contributed by atoms with van der Waals surface area (Å²) in [4.78, 5) is 19.0. The van der Waals surface area contributed by atoms with Crippen LogP contribution in [0.25, 0.3) is 0 Å². The predicted molar refractivity (Wildman–Crippen MR) is 45.6 cm³/mol. The molecule has 0 heterocycles. The zero-order valence-electron chi connectivity index (χ0n) is 8.04. The van der Waals surface area contributed by atoms with E-state index in [1.54, 1.807) is 13.8 Å². The number of hydrogen-bond donors (Lipinski definition) is 0. The molecule has 4 nitrogen and oxygen atoms in total. The summed E-state index contributed by atoms with van der Waals surface area (Å²) in [7, 11) is 0.